The predicted octanol–water partition coefficient (Wildman–Crippen LogP) is 6.05. The summed E-state index contributed by atoms with van der Waals surface area (Å²) >= 11 is 1.75. The van der Waals surface area contributed by atoms with E-state index in [9.17, 15) is 4.79 Å². The molecule has 150 valence electrons. The van der Waals surface area contributed by atoms with Gasteiger partial charge in [0, 0.05) is 30.0 Å². The molecule has 1 heterocycles. The van der Waals surface area contributed by atoms with Crippen molar-refractivity contribution in [3.05, 3.63) is 68.5 Å². The van der Waals surface area contributed by atoms with Crippen LogP contribution in [0.25, 0.3) is 11.3 Å². The molecule has 0 radical (unpaired) electrons. The highest BCUT2D eigenvalue weighted by Gasteiger charge is 2.12. The van der Waals surface area contributed by atoms with Crippen molar-refractivity contribution in [3.8, 4) is 11.3 Å². The average molecular weight is 405 g/mol. The van der Waals surface area contributed by atoms with Crippen LogP contribution in [0, 0.1) is 13.8 Å². The molecule has 0 aliphatic heterocycles. The zero-order chi connectivity index (χ0) is 20.4. The van der Waals surface area contributed by atoms with Gasteiger partial charge in [-0.3, -0.25) is 4.79 Å². The summed E-state index contributed by atoms with van der Waals surface area (Å²) in [6, 6.07) is 11.1. The average Bonchev–Trinajstić information content (AvgIpc) is 3.18. The monoisotopic (exact) mass is 404 g/mol. The number of aromatic nitrogens is 1. The van der Waals surface area contributed by atoms with Crippen molar-refractivity contribution in [1.82, 2.24) is 4.98 Å². The van der Waals surface area contributed by atoms with Crippen molar-refractivity contribution < 1.29 is 4.79 Å². The zero-order valence-electron chi connectivity index (χ0n) is 17.5. The Bertz CT molecular complexity index is 1050. The second-order valence-electron chi connectivity index (χ2n) is 8.09. The Morgan fingerprint density at radius 2 is 1.83 bits per heavy atom. The molecule has 0 unspecified atom stereocenters. The smallest absolute Gasteiger partial charge is 0.221 e. The van der Waals surface area contributed by atoms with E-state index in [1.165, 1.54) is 58.5 Å². The Morgan fingerprint density at radius 1 is 1.03 bits per heavy atom. The second kappa shape index (κ2) is 8.50. The predicted molar refractivity (Wildman–Crippen MR) is 122 cm³/mol. The summed E-state index contributed by atoms with van der Waals surface area (Å²) in [4.78, 5) is 16.3. The quantitative estimate of drug-likeness (QED) is 0.562. The van der Waals surface area contributed by atoms with E-state index in [-0.39, 0.29) is 5.91 Å². The summed E-state index contributed by atoms with van der Waals surface area (Å²) in [5, 5.41) is 6.28. The Labute approximate surface area is 177 Å². The maximum absolute atomic E-state index is 11.4. The summed E-state index contributed by atoms with van der Waals surface area (Å²) in [7, 11) is 0. The van der Waals surface area contributed by atoms with Crippen molar-refractivity contribution >= 4 is 22.9 Å². The molecule has 1 aliphatic carbocycles. The molecule has 4 heteroatoms. The lowest BCUT2D eigenvalue weighted by Crippen LogP contribution is -2.08. The van der Waals surface area contributed by atoms with E-state index in [1.54, 1.807) is 18.3 Å². The van der Waals surface area contributed by atoms with Crippen LogP contribution in [0.4, 0.5) is 5.69 Å². The number of benzene rings is 2. The van der Waals surface area contributed by atoms with Crippen LogP contribution in [-0.4, -0.2) is 10.9 Å². The van der Waals surface area contributed by atoms with Gasteiger partial charge in [-0.15, -0.1) is 11.3 Å². The van der Waals surface area contributed by atoms with E-state index in [1.807, 2.05) is 6.92 Å². The molecule has 2 aromatic carbocycles. The minimum absolute atomic E-state index is 0.0299. The third-order valence-electron chi connectivity index (χ3n) is 5.80. The van der Waals surface area contributed by atoms with Crippen LogP contribution in [0.5, 0.6) is 0 Å². The van der Waals surface area contributed by atoms with Crippen LogP contribution in [0.2, 0.25) is 0 Å². The molecular formula is C25H28N2OS. The van der Waals surface area contributed by atoms with Gasteiger partial charge in [-0.2, -0.15) is 0 Å². The standard InChI is InChI=1S/C25H28N2OS/c1-16-13-23(26-18(3)28)17(2)12-20(16)10-11-25-27-24(15-29-25)22-9-8-19-6-4-5-7-21(19)14-22/h8-9,12-15H,4-7,10-11H2,1-3H3,(H,26,28). The lowest BCUT2D eigenvalue weighted by Gasteiger charge is -2.16. The number of rotatable bonds is 5. The van der Waals surface area contributed by atoms with Crippen LogP contribution in [0.3, 0.4) is 0 Å². The topological polar surface area (TPSA) is 42.0 Å². The maximum Gasteiger partial charge on any atom is 0.221 e. The molecule has 0 saturated heterocycles. The normalized spacial score (nSPS) is 13.2. The Balaban J connectivity index is 1.46. The number of hydrogen-bond donors (Lipinski definition) is 1. The maximum atomic E-state index is 11.4. The molecule has 1 N–H and O–H groups in total. The second-order valence-corrected chi connectivity index (χ2v) is 9.03. The SMILES string of the molecule is CC(=O)Nc1cc(C)c(CCc2nc(-c3ccc4c(c3)CCCC4)cs2)cc1C. The lowest BCUT2D eigenvalue weighted by molar-refractivity contribution is -0.114. The van der Waals surface area contributed by atoms with E-state index in [0.29, 0.717) is 0 Å². The number of carbonyl (C=O) groups is 1. The fourth-order valence-corrected chi connectivity index (χ4v) is 4.97. The molecule has 4 rings (SSSR count). The van der Waals surface area contributed by atoms with Gasteiger partial charge in [-0.25, -0.2) is 4.98 Å². The number of amides is 1. The summed E-state index contributed by atoms with van der Waals surface area (Å²) < 4.78 is 0. The van der Waals surface area contributed by atoms with Crippen molar-refractivity contribution in [2.75, 3.05) is 5.32 Å². The van der Waals surface area contributed by atoms with E-state index in [4.69, 9.17) is 4.98 Å². The van der Waals surface area contributed by atoms with Crippen LogP contribution >= 0.6 is 11.3 Å². The fraction of sp³-hybridized carbons (Fsp3) is 0.360. The number of hydrogen-bond acceptors (Lipinski definition) is 3. The first kappa shape index (κ1) is 19.8. The number of nitrogens with one attached hydrogen (secondary N) is 1. The molecule has 0 saturated carbocycles. The molecule has 0 fully saturated rings. The number of anilines is 1. The highest BCUT2D eigenvalue weighted by Crippen LogP contribution is 2.29. The molecular weight excluding hydrogens is 376 g/mol. The Hall–Kier alpha value is -2.46. The highest BCUT2D eigenvalue weighted by molar-refractivity contribution is 7.09. The van der Waals surface area contributed by atoms with Gasteiger partial charge in [0.15, 0.2) is 0 Å². The Kier molecular flexibility index (Phi) is 5.81. The summed E-state index contributed by atoms with van der Waals surface area (Å²) in [6.45, 7) is 5.71. The number of fused-ring (bicyclic) bond motifs is 1. The number of aryl methyl sites for hydroxylation is 6. The van der Waals surface area contributed by atoms with Crippen molar-refractivity contribution in [2.45, 2.75) is 59.3 Å². The van der Waals surface area contributed by atoms with Crippen LogP contribution in [-0.2, 0) is 30.5 Å². The van der Waals surface area contributed by atoms with Crippen molar-refractivity contribution in [3.63, 3.8) is 0 Å². The van der Waals surface area contributed by atoms with Crippen LogP contribution < -0.4 is 5.32 Å². The minimum Gasteiger partial charge on any atom is -0.326 e. The zero-order valence-corrected chi connectivity index (χ0v) is 18.3. The molecule has 3 nitrogen and oxygen atoms in total. The van der Waals surface area contributed by atoms with Crippen molar-refractivity contribution in [2.24, 2.45) is 0 Å². The molecule has 1 aliphatic rings. The molecule has 1 aromatic heterocycles. The van der Waals surface area contributed by atoms with E-state index in [0.717, 1.165) is 29.8 Å². The molecule has 0 spiro atoms. The summed E-state index contributed by atoms with van der Waals surface area (Å²) in [5.74, 6) is -0.0299. The third kappa shape index (κ3) is 4.59. The van der Waals surface area contributed by atoms with E-state index >= 15 is 0 Å². The van der Waals surface area contributed by atoms with Gasteiger partial charge < -0.3 is 5.32 Å². The third-order valence-corrected chi connectivity index (χ3v) is 6.71. The minimum atomic E-state index is -0.0299. The highest BCUT2D eigenvalue weighted by atomic mass is 32.1. The van der Waals surface area contributed by atoms with Gasteiger partial charge >= 0.3 is 0 Å². The molecule has 0 atom stereocenters. The first-order chi connectivity index (χ1) is 14.0. The molecule has 0 bridgehead atoms. The summed E-state index contributed by atoms with van der Waals surface area (Å²) in [6.07, 6.45) is 6.94. The molecule has 29 heavy (non-hydrogen) atoms. The number of carbonyl (C=O) groups excluding carboxylic acids is 1. The van der Waals surface area contributed by atoms with Crippen LogP contribution in [0.15, 0.2) is 35.7 Å². The van der Waals surface area contributed by atoms with Gasteiger partial charge in [-0.1, -0.05) is 18.2 Å². The summed E-state index contributed by atoms with van der Waals surface area (Å²) in [5.41, 5.74) is 9.93. The van der Waals surface area contributed by atoms with Gasteiger partial charge in [0.25, 0.3) is 0 Å². The Morgan fingerprint density at radius 3 is 2.62 bits per heavy atom. The number of thiazole rings is 1. The van der Waals surface area contributed by atoms with Gasteiger partial charge in [0.1, 0.15) is 0 Å². The van der Waals surface area contributed by atoms with Gasteiger partial charge in [-0.05, 0) is 85.9 Å². The van der Waals surface area contributed by atoms with Crippen LogP contribution in [0.1, 0.15) is 52.6 Å². The number of nitrogens with zero attached hydrogens (tertiary/aromatic N) is 1. The van der Waals surface area contributed by atoms with Gasteiger partial charge in [0.05, 0.1) is 10.7 Å². The fourth-order valence-electron chi connectivity index (χ4n) is 4.16. The van der Waals surface area contributed by atoms with E-state index < -0.39 is 0 Å². The first-order valence-electron chi connectivity index (χ1n) is 10.4. The van der Waals surface area contributed by atoms with Gasteiger partial charge in [0.2, 0.25) is 5.91 Å². The molecule has 3 aromatic rings. The largest absolute Gasteiger partial charge is 0.326 e. The lowest BCUT2D eigenvalue weighted by atomic mass is 9.90. The molecule has 1 amide bonds. The first-order valence-corrected chi connectivity index (χ1v) is 11.3. The van der Waals surface area contributed by atoms with E-state index in [2.05, 4.69) is 48.0 Å². The van der Waals surface area contributed by atoms with Crippen molar-refractivity contribution in [1.29, 1.82) is 0 Å².